The predicted molar refractivity (Wildman–Crippen MR) is 107 cm³/mol. The second kappa shape index (κ2) is 6.89. The van der Waals surface area contributed by atoms with Gasteiger partial charge < -0.3 is 4.57 Å². The Morgan fingerprint density at radius 1 is 0.846 bits per heavy atom. The van der Waals surface area contributed by atoms with E-state index in [0.29, 0.717) is 6.42 Å². The minimum Gasteiger partial charge on any atom is -0.311 e. The molecule has 5 heteroatoms. The van der Waals surface area contributed by atoms with Crippen LogP contribution in [0.1, 0.15) is 19.1 Å². The topological polar surface area (TPSA) is 47.8 Å². The van der Waals surface area contributed by atoms with Crippen molar-refractivity contribution in [2.75, 3.05) is 0 Å². The van der Waals surface area contributed by atoms with Crippen molar-refractivity contribution in [1.82, 2.24) is 15.0 Å². The number of hydrogen-bond donors (Lipinski definition) is 0. The van der Waals surface area contributed by atoms with Gasteiger partial charge in [0.25, 0.3) is 0 Å². The van der Waals surface area contributed by atoms with Crippen molar-refractivity contribution in [2.45, 2.75) is 19.1 Å². The molecule has 0 radical (unpaired) electrons. The van der Waals surface area contributed by atoms with E-state index in [-0.39, 0.29) is 5.78 Å². The van der Waals surface area contributed by atoms with Gasteiger partial charge in [-0.25, -0.2) is 4.68 Å². The van der Waals surface area contributed by atoms with Crippen LogP contribution < -0.4 is 10.6 Å². The van der Waals surface area contributed by atoms with Gasteiger partial charge in [-0.3, -0.25) is 0 Å². The zero-order valence-electron chi connectivity index (χ0n) is 14.6. The Labute approximate surface area is 152 Å². The monoisotopic (exact) mass is 361 g/mol. The molecule has 4 rings (SSSR count). The maximum Gasteiger partial charge on any atom is 0.166 e. The normalized spacial score (nSPS) is 13.0. The van der Waals surface area contributed by atoms with Gasteiger partial charge in [0.05, 0.1) is 5.52 Å². The van der Waals surface area contributed by atoms with E-state index in [4.69, 9.17) is 0 Å². The standard InChI is InChI=1S/C21H20N3OP/c1-2-21(24-20-16-10-9-15-19(20)22-23-24)26(25,17-11-5-3-6-12-17)18-13-7-4-8-14-18/h3-16,21H,2H2,1H3. The summed E-state index contributed by atoms with van der Waals surface area (Å²) >= 11 is 0. The molecule has 0 aliphatic rings. The predicted octanol–water partition coefficient (Wildman–Crippen LogP) is 4.35. The molecule has 1 aromatic heterocycles. The highest BCUT2D eigenvalue weighted by molar-refractivity contribution is 7.78. The summed E-state index contributed by atoms with van der Waals surface area (Å²) in [6.45, 7) is 2.06. The number of hydrogen-bond acceptors (Lipinski definition) is 3. The Kier molecular flexibility index (Phi) is 4.44. The first-order valence-electron chi connectivity index (χ1n) is 8.76. The molecule has 0 bridgehead atoms. The van der Waals surface area contributed by atoms with Crippen LogP contribution in [0.4, 0.5) is 0 Å². The lowest BCUT2D eigenvalue weighted by molar-refractivity contribution is 0.520. The smallest absolute Gasteiger partial charge is 0.166 e. The van der Waals surface area contributed by atoms with Crippen LogP contribution in [0.3, 0.4) is 0 Å². The molecule has 0 saturated heterocycles. The molecular weight excluding hydrogens is 341 g/mol. The van der Waals surface area contributed by atoms with Crippen molar-refractivity contribution in [3.63, 3.8) is 0 Å². The van der Waals surface area contributed by atoms with E-state index in [2.05, 4.69) is 17.2 Å². The van der Waals surface area contributed by atoms with E-state index in [1.54, 1.807) is 0 Å². The minimum absolute atomic E-state index is 0.292. The summed E-state index contributed by atoms with van der Waals surface area (Å²) in [4.78, 5) is 0. The van der Waals surface area contributed by atoms with Gasteiger partial charge >= 0.3 is 0 Å². The number of nitrogens with zero attached hydrogens (tertiary/aromatic N) is 3. The van der Waals surface area contributed by atoms with Crippen LogP contribution in [0.25, 0.3) is 11.0 Å². The Balaban J connectivity index is 1.97. The Hall–Kier alpha value is -2.71. The fourth-order valence-electron chi connectivity index (χ4n) is 3.48. The molecule has 0 fully saturated rings. The third-order valence-electron chi connectivity index (χ3n) is 4.72. The molecule has 3 aromatic carbocycles. The van der Waals surface area contributed by atoms with E-state index in [0.717, 1.165) is 21.6 Å². The highest BCUT2D eigenvalue weighted by atomic mass is 31.2. The molecule has 26 heavy (non-hydrogen) atoms. The lowest BCUT2D eigenvalue weighted by Crippen LogP contribution is -2.25. The van der Waals surface area contributed by atoms with E-state index >= 15 is 0 Å². The van der Waals surface area contributed by atoms with Crippen molar-refractivity contribution in [2.24, 2.45) is 0 Å². The summed E-state index contributed by atoms with van der Waals surface area (Å²) in [6, 6.07) is 27.3. The molecule has 0 amide bonds. The van der Waals surface area contributed by atoms with Gasteiger partial charge in [0, 0.05) is 10.6 Å². The number of benzene rings is 3. The molecule has 0 aliphatic carbocycles. The maximum atomic E-state index is 14.6. The highest BCUT2D eigenvalue weighted by Gasteiger charge is 2.38. The molecule has 130 valence electrons. The molecule has 0 spiro atoms. The van der Waals surface area contributed by atoms with Crippen LogP contribution in [-0.4, -0.2) is 15.0 Å². The highest BCUT2D eigenvalue weighted by Crippen LogP contribution is 2.56. The lowest BCUT2D eigenvalue weighted by Gasteiger charge is -2.28. The molecule has 0 saturated carbocycles. The molecule has 0 N–H and O–H groups in total. The number of fused-ring (bicyclic) bond motifs is 1. The van der Waals surface area contributed by atoms with Gasteiger partial charge in [0.2, 0.25) is 0 Å². The Morgan fingerprint density at radius 2 is 1.38 bits per heavy atom. The summed E-state index contributed by atoms with van der Waals surface area (Å²) in [5.74, 6) is -0.292. The van der Waals surface area contributed by atoms with Gasteiger partial charge in [-0.15, -0.1) is 5.10 Å². The van der Waals surface area contributed by atoms with Gasteiger partial charge in [-0.05, 0) is 18.6 Å². The molecule has 1 atom stereocenters. The van der Waals surface area contributed by atoms with Crippen molar-refractivity contribution in [3.05, 3.63) is 84.9 Å². The second-order valence-electron chi connectivity index (χ2n) is 6.24. The minimum atomic E-state index is -2.97. The van der Waals surface area contributed by atoms with Gasteiger partial charge in [-0.1, -0.05) is 84.9 Å². The first-order chi connectivity index (χ1) is 12.7. The number of aromatic nitrogens is 3. The summed E-state index contributed by atoms with van der Waals surface area (Å²) in [5, 5.41) is 10.3. The van der Waals surface area contributed by atoms with Crippen LogP contribution in [0, 0.1) is 0 Å². The SMILES string of the molecule is CCC(n1nnc2ccccc21)P(=O)(c1ccccc1)c1ccccc1. The van der Waals surface area contributed by atoms with E-state index in [1.165, 1.54) is 0 Å². The molecule has 4 nitrogen and oxygen atoms in total. The quantitative estimate of drug-likeness (QED) is 0.497. The van der Waals surface area contributed by atoms with Gasteiger partial charge in [0.1, 0.15) is 11.3 Å². The molecule has 4 aromatic rings. The van der Waals surface area contributed by atoms with Crippen molar-refractivity contribution < 1.29 is 4.57 Å². The molecule has 1 heterocycles. The number of rotatable bonds is 5. The van der Waals surface area contributed by atoms with E-state index in [9.17, 15) is 4.57 Å². The Bertz CT molecular complexity index is 1020. The third-order valence-corrected chi connectivity index (χ3v) is 8.28. The average Bonchev–Trinajstić information content (AvgIpc) is 3.14. The lowest BCUT2D eigenvalue weighted by atomic mass is 10.3. The van der Waals surface area contributed by atoms with Crippen LogP contribution in [0.2, 0.25) is 0 Å². The first kappa shape index (κ1) is 16.7. The zero-order valence-corrected chi connectivity index (χ0v) is 15.5. The zero-order chi connectivity index (χ0) is 18.0. The largest absolute Gasteiger partial charge is 0.311 e. The molecule has 0 aliphatic heterocycles. The van der Waals surface area contributed by atoms with Crippen molar-refractivity contribution in [1.29, 1.82) is 0 Å². The van der Waals surface area contributed by atoms with Crippen molar-refractivity contribution in [3.8, 4) is 0 Å². The first-order valence-corrected chi connectivity index (χ1v) is 10.5. The fourth-order valence-corrected chi connectivity index (χ4v) is 6.69. The van der Waals surface area contributed by atoms with Crippen LogP contribution in [-0.2, 0) is 4.57 Å². The summed E-state index contributed by atoms with van der Waals surface area (Å²) in [7, 11) is -2.97. The van der Waals surface area contributed by atoms with Crippen LogP contribution in [0.5, 0.6) is 0 Å². The van der Waals surface area contributed by atoms with Gasteiger partial charge in [-0.2, -0.15) is 0 Å². The maximum absolute atomic E-state index is 14.6. The fraction of sp³-hybridized carbons (Fsp3) is 0.143. The molecule has 1 unspecified atom stereocenters. The van der Waals surface area contributed by atoms with Gasteiger partial charge in [0.15, 0.2) is 7.14 Å². The Morgan fingerprint density at radius 3 is 1.96 bits per heavy atom. The average molecular weight is 361 g/mol. The third kappa shape index (κ3) is 2.67. The van der Waals surface area contributed by atoms with Crippen LogP contribution >= 0.6 is 7.14 Å². The van der Waals surface area contributed by atoms with Crippen LogP contribution in [0.15, 0.2) is 84.9 Å². The molecular formula is C21H20N3OP. The second-order valence-corrected chi connectivity index (χ2v) is 9.19. The van der Waals surface area contributed by atoms with Crippen molar-refractivity contribution >= 4 is 28.8 Å². The summed E-state index contributed by atoms with van der Waals surface area (Å²) in [6.07, 6.45) is 0.689. The summed E-state index contributed by atoms with van der Waals surface area (Å²) in [5.41, 5.74) is 1.73. The summed E-state index contributed by atoms with van der Waals surface area (Å²) < 4.78 is 16.4. The van der Waals surface area contributed by atoms with E-state index < -0.39 is 7.14 Å². The number of para-hydroxylation sites is 1. The van der Waals surface area contributed by atoms with E-state index in [1.807, 2.05) is 89.6 Å².